The normalized spacial score (nSPS) is 10.1. The number of carbonyl (C=O) groups is 1. The van der Waals surface area contributed by atoms with E-state index in [1.807, 2.05) is 6.07 Å². The standard InChI is InChI=1S/C19H16N4O4/c1-25-15-8-11(9-16(26-2)17(15)27-3)19(24)23-18-14(10-20)21-12-6-4-5-7-13(12)22-18/h4-9H,1-3H3,(H,22,23,24). The van der Waals surface area contributed by atoms with Crippen LogP contribution in [0.15, 0.2) is 36.4 Å². The van der Waals surface area contributed by atoms with Gasteiger partial charge in [0.05, 0.1) is 32.4 Å². The van der Waals surface area contributed by atoms with Gasteiger partial charge in [-0.3, -0.25) is 4.79 Å². The Labute approximate surface area is 155 Å². The molecule has 0 fully saturated rings. The van der Waals surface area contributed by atoms with Gasteiger partial charge in [0.2, 0.25) is 5.75 Å². The summed E-state index contributed by atoms with van der Waals surface area (Å²) in [7, 11) is 4.40. The Morgan fingerprint density at radius 3 is 2.11 bits per heavy atom. The number of benzene rings is 2. The summed E-state index contributed by atoms with van der Waals surface area (Å²) in [6.07, 6.45) is 0. The van der Waals surface area contributed by atoms with E-state index >= 15 is 0 Å². The summed E-state index contributed by atoms with van der Waals surface area (Å²) in [6, 6.07) is 12.1. The lowest BCUT2D eigenvalue weighted by atomic mass is 10.1. The van der Waals surface area contributed by atoms with Crippen molar-refractivity contribution in [2.24, 2.45) is 0 Å². The van der Waals surface area contributed by atoms with Crippen molar-refractivity contribution in [3.05, 3.63) is 47.7 Å². The summed E-state index contributed by atoms with van der Waals surface area (Å²) in [5.74, 6) is 0.643. The molecule has 0 spiro atoms. The molecule has 0 saturated carbocycles. The van der Waals surface area contributed by atoms with Crippen molar-refractivity contribution < 1.29 is 19.0 Å². The number of hydrogen-bond acceptors (Lipinski definition) is 7. The number of para-hydroxylation sites is 2. The van der Waals surface area contributed by atoms with Crippen molar-refractivity contribution in [1.82, 2.24) is 9.97 Å². The minimum absolute atomic E-state index is 0.0227. The van der Waals surface area contributed by atoms with E-state index in [1.54, 1.807) is 24.3 Å². The Morgan fingerprint density at radius 1 is 1.00 bits per heavy atom. The first kappa shape index (κ1) is 17.9. The van der Waals surface area contributed by atoms with Crippen molar-refractivity contribution in [2.75, 3.05) is 26.6 Å². The maximum Gasteiger partial charge on any atom is 0.257 e. The second kappa shape index (κ2) is 7.58. The topological polar surface area (TPSA) is 106 Å². The van der Waals surface area contributed by atoms with Crippen LogP contribution in [-0.2, 0) is 0 Å². The zero-order chi connectivity index (χ0) is 19.4. The smallest absolute Gasteiger partial charge is 0.257 e. The van der Waals surface area contributed by atoms with Crippen LogP contribution < -0.4 is 19.5 Å². The Bertz CT molecular complexity index is 1030. The molecule has 3 aromatic rings. The summed E-state index contributed by atoms with van der Waals surface area (Å²) in [6.45, 7) is 0. The largest absolute Gasteiger partial charge is 0.493 e. The van der Waals surface area contributed by atoms with Crippen LogP contribution in [0.25, 0.3) is 11.0 Å². The van der Waals surface area contributed by atoms with Crippen LogP contribution >= 0.6 is 0 Å². The van der Waals surface area contributed by atoms with Gasteiger partial charge in [-0.1, -0.05) is 12.1 Å². The summed E-state index contributed by atoms with van der Waals surface area (Å²) in [4.78, 5) is 21.3. The minimum atomic E-state index is -0.490. The van der Waals surface area contributed by atoms with Gasteiger partial charge in [-0.2, -0.15) is 5.26 Å². The third kappa shape index (κ3) is 3.43. The van der Waals surface area contributed by atoms with Gasteiger partial charge in [-0.15, -0.1) is 0 Å². The summed E-state index contributed by atoms with van der Waals surface area (Å²) < 4.78 is 15.8. The summed E-state index contributed by atoms with van der Waals surface area (Å²) >= 11 is 0. The van der Waals surface area contributed by atoms with E-state index in [2.05, 4.69) is 15.3 Å². The van der Waals surface area contributed by atoms with E-state index in [0.29, 0.717) is 28.3 Å². The molecule has 0 radical (unpaired) electrons. The number of anilines is 1. The molecule has 8 heteroatoms. The highest BCUT2D eigenvalue weighted by molar-refractivity contribution is 6.05. The molecule has 1 N–H and O–H groups in total. The van der Waals surface area contributed by atoms with Crippen LogP contribution in [0, 0.1) is 11.3 Å². The van der Waals surface area contributed by atoms with E-state index in [0.717, 1.165) is 0 Å². The number of rotatable bonds is 5. The maximum atomic E-state index is 12.7. The van der Waals surface area contributed by atoms with Crippen LogP contribution in [0.2, 0.25) is 0 Å². The first-order valence-electron chi connectivity index (χ1n) is 7.89. The predicted octanol–water partition coefficient (Wildman–Crippen LogP) is 2.78. The quantitative estimate of drug-likeness (QED) is 0.742. The van der Waals surface area contributed by atoms with E-state index in [9.17, 15) is 10.1 Å². The van der Waals surface area contributed by atoms with Crippen molar-refractivity contribution in [2.45, 2.75) is 0 Å². The van der Waals surface area contributed by atoms with Gasteiger partial charge in [-0.25, -0.2) is 9.97 Å². The molecule has 1 amide bonds. The lowest BCUT2D eigenvalue weighted by Gasteiger charge is -2.14. The number of hydrogen-bond donors (Lipinski definition) is 1. The molecular formula is C19H16N4O4. The van der Waals surface area contributed by atoms with E-state index in [4.69, 9.17) is 14.2 Å². The number of nitrogens with one attached hydrogen (secondary N) is 1. The molecule has 0 saturated heterocycles. The van der Waals surface area contributed by atoms with Crippen molar-refractivity contribution in [3.8, 4) is 23.3 Å². The van der Waals surface area contributed by atoms with Gasteiger partial charge in [0, 0.05) is 5.56 Å². The van der Waals surface area contributed by atoms with Crippen LogP contribution in [0.5, 0.6) is 17.2 Å². The van der Waals surface area contributed by atoms with Crippen molar-refractivity contribution in [1.29, 1.82) is 5.26 Å². The summed E-state index contributed by atoms with van der Waals surface area (Å²) in [5, 5.41) is 12.0. The molecule has 136 valence electrons. The molecule has 3 rings (SSSR count). The number of nitrogens with zero attached hydrogens (tertiary/aromatic N) is 3. The average molecular weight is 364 g/mol. The molecule has 1 heterocycles. The predicted molar refractivity (Wildman–Crippen MR) is 98.3 cm³/mol. The Balaban J connectivity index is 2.01. The fourth-order valence-electron chi connectivity index (χ4n) is 2.56. The average Bonchev–Trinajstić information content (AvgIpc) is 2.71. The highest BCUT2D eigenvalue weighted by Gasteiger charge is 2.19. The first-order chi connectivity index (χ1) is 13.1. The Hall–Kier alpha value is -3.86. The molecule has 2 aromatic carbocycles. The van der Waals surface area contributed by atoms with Gasteiger partial charge in [0.15, 0.2) is 23.0 Å². The first-order valence-corrected chi connectivity index (χ1v) is 7.89. The number of aromatic nitrogens is 2. The maximum absolute atomic E-state index is 12.7. The van der Waals surface area contributed by atoms with Crippen LogP contribution in [-0.4, -0.2) is 37.2 Å². The monoisotopic (exact) mass is 364 g/mol. The Morgan fingerprint density at radius 2 is 1.59 bits per heavy atom. The van der Waals surface area contributed by atoms with Gasteiger partial charge < -0.3 is 19.5 Å². The zero-order valence-corrected chi connectivity index (χ0v) is 14.9. The molecule has 0 atom stereocenters. The number of amides is 1. The van der Waals surface area contributed by atoms with Gasteiger partial charge in [-0.05, 0) is 24.3 Å². The summed E-state index contributed by atoms with van der Waals surface area (Å²) in [5.41, 5.74) is 1.41. The SMILES string of the molecule is COc1cc(C(=O)Nc2nc3ccccc3nc2C#N)cc(OC)c1OC. The molecular weight excluding hydrogens is 348 g/mol. The number of carbonyl (C=O) groups excluding carboxylic acids is 1. The second-order valence-electron chi connectivity index (χ2n) is 5.39. The fourth-order valence-corrected chi connectivity index (χ4v) is 2.56. The molecule has 8 nitrogen and oxygen atoms in total. The van der Waals surface area contributed by atoms with E-state index in [-0.39, 0.29) is 17.1 Å². The molecule has 0 aliphatic heterocycles. The van der Waals surface area contributed by atoms with Crippen molar-refractivity contribution >= 4 is 22.8 Å². The zero-order valence-electron chi connectivity index (χ0n) is 14.9. The molecule has 0 unspecified atom stereocenters. The fraction of sp³-hybridized carbons (Fsp3) is 0.158. The third-order valence-corrected chi connectivity index (χ3v) is 3.84. The minimum Gasteiger partial charge on any atom is -0.493 e. The van der Waals surface area contributed by atoms with Crippen LogP contribution in [0.4, 0.5) is 5.82 Å². The molecule has 27 heavy (non-hydrogen) atoms. The van der Waals surface area contributed by atoms with Crippen molar-refractivity contribution in [3.63, 3.8) is 0 Å². The number of fused-ring (bicyclic) bond motifs is 1. The molecule has 0 aliphatic carbocycles. The number of ether oxygens (including phenoxy) is 3. The number of methoxy groups -OCH3 is 3. The highest BCUT2D eigenvalue weighted by atomic mass is 16.5. The van der Waals surface area contributed by atoms with Crippen LogP contribution in [0.3, 0.4) is 0 Å². The van der Waals surface area contributed by atoms with Gasteiger partial charge >= 0.3 is 0 Å². The Kier molecular flexibility index (Phi) is 5.04. The molecule has 0 aliphatic rings. The van der Waals surface area contributed by atoms with Gasteiger partial charge in [0.1, 0.15) is 6.07 Å². The lowest BCUT2D eigenvalue weighted by molar-refractivity contribution is 0.102. The second-order valence-corrected chi connectivity index (χ2v) is 5.39. The molecule has 0 bridgehead atoms. The van der Waals surface area contributed by atoms with Gasteiger partial charge in [0.25, 0.3) is 5.91 Å². The van der Waals surface area contributed by atoms with E-state index < -0.39 is 5.91 Å². The number of nitriles is 1. The van der Waals surface area contributed by atoms with E-state index in [1.165, 1.54) is 33.5 Å². The third-order valence-electron chi connectivity index (χ3n) is 3.84. The highest BCUT2D eigenvalue weighted by Crippen LogP contribution is 2.38. The lowest BCUT2D eigenvalue weighted by Crippen LogP contribution is -2.15. The van der Waals surface area contributed by atoms with Crippen LogP contribution in [0.1, 0.15) is 16.1 Å². The molecule has 1 aromatic heterocycles.